The van der Waals surface area contributed by atoms with Gasteiger partial charge in [0.15, 0.2) is 23.3 Å². The summed E-state index contributed by atoms with van der Waals surface area (Å²) in [5, 5.41) is 8.78. The topological polar surface area (TPSA) is 23.5 Å². The maximum atomic E-state index is 13.7. The van der Waals surface area contributed by atoms with E-state index in [-0.39, 0.29) is 19.2 Å². The molecule has 1 N–H and O–H groups in total. The molecule has 0 aliphatic carbocycles. The summed E-state index contributed by atoms with van der Waals surface area (Å²) < 4.78 is 66.9. The third-order valence-electron chi connectivity index (χ3n) is 3.55. The lowest BCUT2D eigenvalue weighted by atomic mass is 10.1. The monoisotopic (exact) mass is 295 g/mol. The van der Waals surface area contributed by atoms with Crippen LogP contribution in [0.25, 0.3) is 0 Å². The van der Waals surface area contributed by atoms with Gasteiger partial charge in [0.2, 0.25) is 5.82 Å². The molecule has 1 atom stereocenters. The highest BCUT2D eigenvalue weighted by Crippen LogP contribution is 2.35. The lowest BCUT2D eigenvalue weighted by Gasteiger charge is -2.27. The minimum Gasteiger partial charge on any atom is -0.396 e. The number of halogens is 5. The van der Waals surface area contributed by atoms with Crippen molar-refractivity contribution < 1.29 is 27.1 Å². The summed E-state index contributed by atoms with van der Waals surface area (Å²) in [5.41, 5.74) is -0.859. The van der Waals surface area contributed by atoms with Gasteiger partial charge in [0.1, 0.15) is 5.69 Å². The molecule has 112 valence electrons. The van der Waals surface area contributed by atoms with E-state index in [9.17, 15) is 22.0 Å². The molecule has 20 heavy (non-hydrogen) atoms. The van der Waals surface area contributed by atoms with Crippen LogP contribution in [-0.2, 0) is 0 Å². The Morgan fingerprint density at radius 1 is 0.950 bits per heavy atom. The van der Waals surface area contributed by atoms with Gasteiger partial charge in [0.25, 0.3) is 0 Å². The summed E-state index contributed by atoms with van der Waals surface area (Å²) in [4.78, 5) is 1.21. The molecule has 7 heteroatoms. The zero-order valence-corrected chi connectivity index (χ0v) is 10.6. The van der Waals surface area contributed by atoms with E-state index in [1.54, 1.807) is 0 Å². The highest BCUT2D eigenvalue weighted by atomic mass is 19.2. The molecule has 0 radical (unpaired) electrons. The number of rotatable bonds is 4. The maximum absolute atomic E-state index is 13.7. The van der Waals surface area contributed by atoms with Crippen LogP contribution in [0.2, 0.25) is 0 Å². The van der Waals surface area contributed by atoms with Crippen LogP contribution >= 0.6 is 0 Å². The van der Waals surface area contributed by atoms with E-state index in [2.05, 4.69) is 0 Å². The van der Waals surface area contributed by atoms with E-state index in [0.29, 0.717) is 25.7 Å². The molecule has 0 aromatic heterocycles. The van der Waals surface area contributed by atoms with Gasteiger partial charge in [-0.2, -0.15) is 0 Å². The zero-order chi connectivity index (χ0) is 14.9. The predicted octanol–water partition coefficient (Wildman–Crippen LogP) is 3.12. The van der Waals surface area contributed by atoms with E-state index in [1.165, 1.54) is 4.90 Å². The molecule has 0 bridgehead atoms. The minimum atomic E-state index is -2.14. The van der Waals surface area contributed by atoms with Crippen LogP contribution in [0.15, 0.2) is 0 Å². The van der Waals surface area contributed by atoms with Gasteiger partial charge in [-0.15, -0.1) is 0 Å². The summed E-state index contributed by atoms with van der Waals surface area (Å²) in [6.07, 6.45) is 2.06. The first-order valence-corrected chi connectivity index (χ1v) is 6.38. The zero-order valence-electron chi connectivity index (χ0n) is 10.6. The van der Waals surface area contributed by atoms with E-state index in [4.69, 9.17) is 5.11 Å². The van der Waals surface area contributed by atoms with Crippen molar-refractivity contribution in [3.05, 3.63) is 29.1 Å². The van der Waals surface area contributed by atoms with E-state index in [0.717, 1.165) is 0 Å². The van der Waals surface area contributed by atoms with Gasteiger partial charge in [0, 0.05) is 19.2 Å². The first-order valence-electron chi connectivity index (χ1n) is 6.38. The maximum Gasteiger partial charge on any atom is 0.200 e. The molecule has 1 aliphatic heterocycles. The van der Waals surface area contributed by atoms with Crippen LogP contribution in [0.5, 0.6) is 0 Å². The van der Waals surface area contributed by atoms with Crippen molar-refractivity contribution in [1.82, 2.24) is 0 Å². The summed E-state index contributed by atoms with van der Waals surface area (Å²) >= 11 is 0. The van der Waals surface area contributed by atoms with Gasteiger partial charge in [0.05, 0.1) is 0 Å². The molecule has 1 fully saturated rings. The molecule has 1 unspecified atom stereocenters. The molecule has 1 aromatic carbocycles. The molecule has 2 rings (SSSR count). The largest absolute Gasteiger partial charge is 0.396 e. The Kier molecular flexibility index (Phi) is 4.47. The Labute approximate surface area is 112 Å². The van der Waals surface area contributed by atoms with Crippen LogP contribution in [0.4, 0.5) is 27.6 Å². The molecule has 1 aromatic rings. The van der Waals surface area contributed by atoms with Crippen molar-refractivity contribution in [2.24, 2.45) is 0 Å². The normalized spacial score (nSPS) is 18.9. The fourth-order valence-corrected chi connectivity index (χ4v) is 2.60. The fraction of sp³-hybridized carbons (Fsp3) is 0.538. The van der Waals surface area contributed by atoms with Crippen molar-refractivity contribution in [3.63, 3.8) is 0 Å². The lowest BCUT2D eigenvalue weighted by Crippen LogP contribution is -2.32. The van der Waals surface area contributed by atoms with Crippen LogP contribution in [0, 0.1) is 29.1 Å². The SMILES string of the molecule is OCCCC1CCCN1c1c(F)c(F)c(F)c(F)c1F. The van der Waals surface area contributed by atoms with E-state index >= 15 is 0 Å². The Hall–Kier alpha value is -1.37. The van der Waals surface area contributed by atoms with Crippen molar-refractivity contribution in [3.8, 4) is 0 Å². The van der Waals surface area contributed by atoms with Gasteiger partial charge in [-0.3, -0.25) is 0 Å². The summed E-state index contributed by atoms with van der Waals surface area (Å²) in [6.45, 7) is 0.149. The smallest absolute Gasteiger partial charge is 0.200 e. The number of aliphatic hydroxyl groups is 1. The number of anilines is 1. The number of hydrogen-bond acceptors (Lipinski definition) is 2. The number of benzene rings is 1. The molecule has 0 spiro atoms. The average Bonchev–Trinajstić information content (AvgIpc) is 2.89. The van der Waals surface area contributed by atoms with Gasteiger partial charge in [-0.05, 0) is 25.7 Å². The van der Waals surface area contributed by atoms with Gasteiger partial charge < -0.3 is 10.0 Å². The summed E-state index contributed by atoms with van der Waals surface area (Å²) in [5.74, 6) is -9.58. The molecule has 1 aliphatic rings. The molecule has 0 amide bonds. The van der Waals surface area contributed by atoms with Crippen LogP contribution < -0.4 is 4.90 Å². The van der Waals surface area contributed by atoms with Gasteiger partial charge in [-0.1, -0.05) is 0 Å². The Balaban J connectivity index is 2.41. The summed E-state index contributed by atoms with van der Waals surface area (Å²) in [6, 6.07) is -0.324. The van der Waals surface area contributed by atoms with Crippen molar-refractivity contribution >= 4 is 5.69 Å². The Bertz CT molecular complexity index is 479. The second-order valence-electron chi connectivity index (χ2n) is 4.77. The van der Waals surface area contributed by atoms with Crippen LogP contribution in [0.1, 0.15) is 25.7 Å². The number of nitrogens with zero attached hydrogens (tertiary/aromatic N) is 1. The first-order chi connectivity index (χ1) is 9.49. The van der Waals surface area contributed by atoms with Gasteiger partial charge in [-0.25, -0.2) is 22.0 Å². The standard InChI is InChI=1S/C13H14F5NO/c14-8-9(15)11(17)13(12(18)10(8)16)19-5-1-3-7(19)4-2-6-20/h7,20H,1-6H2. The second-order valence-corrected chi connectivity index (χ2v) is 4.77. The quantitative estimate of drug-likeness (QED) is 0.524. The van der Waals surface area contributed by atoms with Crippen molar-refractivity contribution in [2.45, 2.75) is 31.7 Å². The van der Waals surface area contributed by atoms with Crippen molar-refractivity contribution in [2.75, 3.05) is 18.1 Å². The molecule has 0 saturated carbocycles. The van der Waals surface area contributed by atoms with E-state index in [1.807, 2.05) is 0 Å². The average molecular weight is 295 g/mol. The lowest BCUT2D eigenvalue weighted by molar-refractivity contribution is 0.279. The summed E-state index contributed by atoms with van der Waals surface area (Å²) in [7, 11) is 0. The highest BCUT2D eigenvalue weighted by molar-refractivity contribution is 5.52. The fourth-order valence-electron chi connectivity index (χ4n) is 2.60. The predicted molar refractivity (Wildman–Crippen MR) is 62.9 cm³/mol. The minimum absolute atomic E-state index is 0.0819. The molecular formula is C13H14F5NO. The second kappa shape index (κ2) is 5.95. The molecule has 1 saturated heterocycles. The van der Waals surface area contributed by atoms with Gasteiger partial charge >= 0.3 is 0 Å². The first kappa shape index (κ1) is 15.0. The van der Waals surface area contributed by atoms with E-state index < -0.39 is 34.8 Å². The molecule has 2 nitrogen and oxygen atoms in total. The Morgan fingerprint density at radius 2 is 1.50 bits per heavy atom. The number of aliphatic hydroxyl groups excluding tert-OH is 1. The molecule has 1 heterocycles. The Morgan fingerprint density at radius 3 is 2.05 bits per heavy atom. The van der Waals surface area contributed by atoms with Crippen LogP contribution in [0.3, 0.4) is 0 Å². The van der Waals surface area contributed by atoms with Crippen LogP contribution in [-0.4, -0.2) is 24.3 Å². The highest BCUT2D eigenvalue weighted by Gasteiger charge is 2.34. The third kappa shape index (κ3) is 2.46. The number of hydrogen-bond donors (Lipinski definition) is 1. The third-order valence-corrected chi connectivity index (χ3v) is 3.55. The molecular weight excluding hydrogens is 281 g/mol. The van der Waals surface area contributed by atoms with Crippen molar-refractivity contribution in [1.29, 1.82) is 0 Å².